The predicted molar refractivity (Wildman–Crippen MR) is 65.1 cm³/mol. The van der Waals surface area contributed by atoms with Gasteiger partial charge in [0.25, 0.3) is 0 Å². The minimum atomic E-state index is -3.50. The summed E-state index contributed by atoms with van der Waals surface area (Å²) in [4.78, 5) is 11.0. The van der Waals surface area contributed by atoms with E-state index in [1.165, 1.54) is 38.3 Å². The average Bonchev–Trinajstić information content (AvgIpc) is 2.28. The number of ether oxygens (including phenoxy) is 1. The van der Waals surface area contributed by atoms with Crippen molar-refractivity contribution in [2.24, 2.45) is 0 Å². The number of hydrogen-bond donors (Lipinski definition) is 0. The lowest BCUT2D eigenvalue weighted by molar-refractivity contribution is -0.140. The van der Waals surface area contributed by atoms with Crippen LogP contribution in [0.2, 0.25) is 0 Å². The second-order valence-electron chi connectivity index (χ2n) is 4.03. The molecule has 1 unspecified atom stereocenters. The number of hydrogen-bond acceptors (Lipinski definition) is 4. The largest absolute Gasteiger partial charge is 0.469 e. The van der Waals surface area contributed by atoms with E-state index in [1.54, 1.807) is 0 Å². The lowest BCUT2D eigenvalue weighted by Crippen LogP contribution is -2.23. The Morgan fingerprint density at radius 1 is 1.44 bits per heavy atom. The van der Waals surface area contributed by atoms with E-state index in [1.807, 2.05) is 0 Å². The van der Waals surface area contributed by atoms with Gasteiger partial charge in [-0.2, -0.15) is 0 Å². The Bertz CT molecular complexity index is 525. The van der Waals surface area contributed by atoms with E-state index in [0.717, 1.165) is 0 Å². The summed E-state index contributed by atoms with van der Waals surface area (Å²) in [5.74, 6) is -1.35. The molecule has 0 aromatic heterocycles. The molecule has 0 fully saturated rings. The van der Waals surface area contributed by atoms with Gasteiger partial charge in [-0.25, -0.2) is 12.8 Å². The van der Waals surface area contributed by atoms with Crippen LogP contribution < -0.4 is 0 Å². The van der Waals surface area contributed by atoms with Crippen LogP contribution in [0.1, 0.15) is 18.9 Å². The van der Waals surface area contributed by atoms with Crippen LogP contribution in [0.15, 0.2) is 24.3 Å². The van der Waals surface area contributed by atoms with Crippen molar-refractivity contribution >= 4 is 15.8 Å². The molecule has 6 heteroatoms. The molecule has 0 saturated carbocycles. The Labute approximate surface area is 106 Å². The van der Waals surface area contributed by atoms with Crippen molar-refractivity contribution in [3.8, 4) is 0 Å². The van der Waals surface area contributed by atoms with E-state index in [-0.39, 0.29) is 12.2 Å². The van der Waals surface area contributed by atoms with E-state index in [4.69, 9.17) is 0 Å². The molecule has 0 aliphatic carbocycles. The summed E-state index contributed by atoms with van der Waals surface area (Å²) in [6.07, 6.45) is -0.200. The molecule has 0 spiro atoms. The molecule has 0 heterocycles. The first-order valence-corrected chi connectivity index (χ1v) is 7.09. The summed E-state index contributed by atoms with van der Waals surface area (Å²) in [5.41, 5.74) is 0.367. The van der Waals surface area contributed by atoms with Gasteiger partial charge in [0.15, 0.2) is 9.84 Å². The zero-order chi connectivity index (χ0) is 13.8. The minimum Gasteiger partial charge on any atom is -0.469 e. The van der Waals surface area contributed by atoms with Crippen molar-refractivity contribution in [1.29, 1.82) is 0 Å². The number of rotatable bonds is 5. The van der Waals surface area contributed by atoms with E-state index < -0.39 is 26.9 Å². The molecule has 100 valence electrons. The summed E-state index contributed by atoms with van der Waals surface area (Å²) in [7, 11) is -2.30. The fourth-order valence-electron chi connectivity index (χ4n) is 1.45. The molecule has 18 heavy (non-hydrogen) atoms. The monoisotopic (exact) mass is 274 g/mol. The van der Waals surface area contributed by atoms with E-state index in [9.17, 15) is 17.6 Å². The van der Waals surface area contributed by atoms with Crippen LogP contribution in [-0.2, 0) is 25.1 Å². The number of sulfone groups is 1. The van der Waals surface area contributed by atoms with Crippen LogP contribution >= 0.6 is 0 Å². The standard InChI is InChI=1S/C12H15FO4S/c1-9(6-12(14)17-2)18(15,16)8-10-4-3-5-11(13)7-10/h3-5,7,9H,6,8H2,1-2H3. The Morgan fingerprint density at radius 3 is 2.67 bits per heavy atom. The number of esters is 1. The molecule has 0 aliphatic rings. The molecule has 1 aromatic rings. The van der Waals surface area contributed by atoms with E-state index in [0.29, 0.717) is 5.56 Å². The van der Waals surface area contributed by atoms with Crippen LogP contribution in [0.4, 0.5) is 4.39 Å². The Kier molecular flexibility index (Phi) is 4.84. The summed E-state index contributed by atoms with van der Waals surface area (Å²) >= 11 is 0. The highest BCUT2D eigenvalue weighted by Crippen LogP contribution is 2.15. The summed E-state index contributed by atoms with van der Waals surface area (Å²) in [5, 5.41) is -0.854. The maximum Gasteiger partial charge on any atom is 0.306 e. The van der Waals surface area contributed by atoms with Gasteiger partial charge in [0.05, 0.1) is 24.5 Å². The normalized spacial score (nSPS) is 13.1. The van der Waals surface area contributed by atoms with Gasteiger partial charge in [-0.3, -0.25) is 4.79 Å². The third kappa shape index (κ3) is 4.10. The van der Waals surface area contributed by atoms with Crippen molar-refractivity contribution in [1.82, 2.24) is 0 Å². The molecule has 0 saturated heterocycles. The third-order valence-electron chi connectivity index (χ3n) is 2.55. The minimum absolute atomic E-state index is 0.200. The van der Waals surface area contributed by atoms with Gasteiger partial charge in [-0.05, 0) is 24.6 Å². The molecular weight excluding hydrogens is 259 g/mol. The summed E-state index contributed by atoms with van der Waals surface area (Å²) in [6.45, 7) is 1.44. The topological polar surface area (TPSA) is 60.4 Å². The molecule has 0 radical (unpaired) electrons. The predicted octanol–water partition coefficient (Wildman–Crippen LogP) is 1.69. The number of benzene rings is 1. The molecule has 0 bridgehead atoms. The number of carbonyl (C=O) groups is 1. The van der Waals surface area contributed by atoms with Gasteiger partial charge in [0.1, 0.15) is 5.82 Å². The molecule has 0 N–H and O–H groups in total. The van der Waals surface area contributed by atoms with Gasteiger partial charge >= 0.3 is 5.97 Å². The quantitative estimate of drug-likeness (QED) is 0.767. The Morgan fingerprint density at radius 2 is 2.11 bits per heavy atom. The van der Waals surface area contributed by atoms with Crippen LogP contribution in [0.3, 0.4) is 0 Å². The molecule has 0 amide bonds. The molecule has 0 aliphatic heterocycles. The molecule has 1 aromatic carbocycles. The lowest BCUT2D eigenvalue weighted by Gasteiger charge is -2.11. The number of halogens is 1. The van der Waals surface area contributed by atoms with Crippen molar-refractivity contribution < 1.29 is 22.3 Å². The fourth-order valence-corrected chi connectivity index (χ4v) is 2.77. The van der Waals surface area contributed by atoms with E-state index in [2.05, 4.69) is 4.74 Å². The fraction of sp³-hybridized carbons (Fsp3) is 0.417. The third-order valence-corrected chi connectivity index (χ3v) is 4.68. The second-order valence-corrected chi connectivity index (χ2v) is 6.45. The highest BCUT2D eigenvalue weighted by Gasteiger charge is 2.24. The molecular formula is C12H15FO4S. The first-order chi connectivity index (χ1) is 8.35. The maximum atomic E-state index is 12.9. The zero-order valence-electron chi connectivity index (χ0n) is 10.2. The first-order valence-electron chi connectivity index (χ1n) is 5.38. The van der Waals surface area contributed by atoms with Crippen molar-refractivity contribution in [3.63, 3.8) is 0 Å². The Hall–Kier alpha value is -1.43. The van der Waals surface area contributed by atoms with E-state index >= 15 is 0 Å². The lowest BCUT2D eigenvalue weighted by atomic mass is 10.2. The van der Waals surface area contributed by atoms with Crippen LogP contribution in [0.25, 0.3) is 0 Å². The highest BCUT2D eigenvalue weighted by atomic mass is 32.2. The van der Waals surface area contributed by atoms with Crippen LogP contribution in [0, 0.1) is 5.82 Å². The maximum absolute atomic E-state index is 12.9. The van der Waals surface area contributed by atoms with Crippen molar-refractivity contribution in [2.75, 3.05) is 7.11 Å². The molecule has 4 nitrogen and oxygen atoms in total. The van der Waals surface area contributed by atoms with Crippen molar-refractivity contribution in [2.45, 2.75) is 24.3 Å². The molecule has 1 atom stereocenters. The van der Waals surface area contributed by atoms with Gasteiger partial charge in [0.2, 0.25) is 0 Å². The zero-order valence-corrected chi connectivity index (χ0v) is 11.0. The summed E-state index contributed by atoms with van der Waals surface area (Å²) < 4.78 is 41.2. The van der Waals surface area contributed by atoms with Crippen LogP contribution in [0.5, 0.6) is 0 Å². The average molecular weight is 274 g/mol. The SMILES string of the molecule is COC(=O)CC(C)S(=O)(=O)Cc1cccc(F)c1. The van der Waals surface area contributed by atoms with Gasteiger partial charge in [-0.15, -0.1) is 0 Å². The number of carbonyl (C=O) groups excluding carboxylic acids is 1. The number of methoxy groups -OCH3 is 1. The first kappa shape index (κ1) is 14.6. The van der Waals surface area contributed by atoms with Gasteiger partial charge in [0, 0.05) is 0 Å². The second kappa shape index (κ2) is 5.95. The van der Waals surface area contributed by atoms with Gasteiger partial charge in [-0.1, -0.05) is 12.1 Å². The summed E-state index contributed by atoms with van der Waals surface area (Å²) in [6, 6.07) is 5.40. The smallest absolute Gasteiger partial charge is 0.306 e. The van der Waals surface area contributed by atoms with Gasteiger partial charge < -0.3 is 4.74 Å². The van der Waals surface area contributed by atoms with Crippen molar-refractivity contribution in [3.05, 3.63) is 35.6 Å². The molecule has 1 rings (SSSR count). The van der Waals surface area contributed by atoms with Crippen LogP contribution in [-0.4, -0.2) is 26.7 Å². The Balaban J connectivity index is 2.78. The highest BCUT2D eigenvalue weighted by molar-refractivity contribution is 7.91.